The molecule has 0 aromatic heterocycles. The lowest BCUT2D eigenvalue weighted by molar-refractivity contribution is -0.129. The zero-order chi connectivity index (χ0) is 22.9. The van der Waals surface area contributed by atoms with E-state index in [0.29, 0.717) is 22.3 Å². The van der Waals surface area contributed by atoms with E-state index in [1.54, 1.807) is 18.2 Å². The number of halogens is 1. The van der Waals surface area contributed by atoms with Crippen LogP contribution in [0.5, 0.6) is 5.75 Å². The van der Waals surface area contributed by atoms with Gasteiger partial charge in [-0.25, -0.2) is 4.79 Å². The fourth-order valence-corrected chi connectivity index (χ4v) is 5.44. The Morgan fingerprint density at radius 1 is 1.00 bits per heavy atom. The summed E-state index contributed by atoms with van der Waals surface area (Å²) in [5, 5.41) is 6.52. The summed E-state index contributed by atoms with van der Waals surface area (Å²) in [6.45, 7) is 0.238. The number of hydrogen-bond acceptors (Lipinski definition) is 5. The van der Waals surface area contributed by atoms with E-state index in [0.717, 1.165) is 24.8 Å². The first kappa shape index (κ1) is 21.8. The Morgan fingerprint density at radius 3 is 2.45 bits per heavy atom. The number of Topliss-reactive ketones (excluding diaryl/α,β-unsaturated/α-hetero) is 1. The van der Waals surface area contributed by atoms with Crippen molar-refractivity contribution in [2.75, 3.05) is 0 Å². The van der Waals surface area contributed by atoms with Crippen LogP contribution in [0, 0.1) is 11.8 Å². The van der Waals surface area contributed by atoms with Gasteiger partial charge in [0.25, 0.3) is 5.91 Å². The maximum absolute atomic E-state index is 12.8. The van der Waals surface area contributed by atoms with Crippen LogP contribution in [0.15, 0.2) is 48.5 Å². The Labute approximate surface area is 196 Å². The van der Waals surface area contributed by atoms with Crippen molar-refractivity contribution < 1.29 is 23.9 Å². The van der Waals surface area contributed by atoms with Crippen molar-refractivity contribution in [2.24, 2.45) is 11.8 Å². The highest BCUT2D eigenvalue weighted by Gasteiger charge is 2.47. The largest absolute Gasteiger partial charge is 0.479 e. The molecule has 2 fully saturated rings. The third-order valence-electron chi connectivity index (χ3n) is 6.88. The van der Waals surface area contributed by atoms with Crippen molar-refractivity contribution in [3.63, 3.8) is 0 Å². The molecule has 2 saturated carbocycles. The highest BCUT2D eigenvalue weighted by atomic mass is 35.5. The molecule has 7 nitrogen and oxygen atoms in total. The molecule has 2 aliphatic carbocycles. The van der Waals surface area contributed by atoms with Crippen LogP contribution in [0.2, 0.25) is 5.02 Å². The number of carbonyl (C=O) groups is 3. The molecule has 33 heavy (non-hydrogen) atoms. The van der Waals surface area contributed by atoms with E-state index in [2.05, 4.69) is 10.6 Å². The average Bonchev–Trinajstić information content (AvgIpc) is 3.38. The van der Waals surface area contributed by atoms with Gasteiger partial charge in [0, 0.05) is 17.1 Å². The SMILES string of the molecule is O=C(N[C@H]1C[C@H]2C[C@@H]1C[C@@H]2NC(=O)[C@H]1CC(=O)c2cc(Cl)ccc2O1)OCc1ccccc1. The van der Waals surface area contributed by atoms with Crippen LogP contribution in [-0.4, -0.2) is 36.0 Å². The molecular formula is C25H25ClN2O5. The molecule has 5 atom stereocenters. The van der Waals surface area contributed by atoms with Crippen molar-refractivity contribution in [3.05, 3.63) is 64.7 Å². The molecule has 2 bridgehead atoms. The van der Waals surface area contributed by atoms with Gasteiger partial charge in [-0.15, -0.1) is 0 Å². The maximum atomic E-state index is 12.8. The van der Waals surface area contributed by atoms with Crippen LogP contribution in [0.3, 0.4) is 0 Å². The zero-order valence-corrected chi connectivity index (χ0v) is 18.7. The third kappa shape index (κ3) is 4.69. The van der Waals surface area contributed by atoms with Crippen LogP contribution >= 0.6 is 11.6 Å². The highest BCUT2D eigenvalue weighted by Crippen LogP contribution is 2.45. The number of benzene rings is 2. The van der Waals surface area contributed by atoms with Crippen molar-refractivity contribution in [1.82, 2.24) is 10.6 Å². The van der Waals surface area contributed by atoms with E-state index in [9.17, 15) is 14.4 Å². The van der Waals surface area contributed by atoms with Gasteiger partial charge in [-0.3, -0.25) is 9.59 Å². The molecule has 2 N–H and O–H groups in total. The number of ketones is 1. The summed E-state index contributed by atoms with van der Waals surface area (Å²) in [5.74, 6) is 0.547. The van der Waals surface area contributed by atoms with Crippen molar-refractivity contribution in [2.45, 2.75) is 50.5 Å². The topological polar surface area (TPSA) is 93.7 Å². The van der Waals surface area contributed by atoms with Gasteiger partial charge in [0.2, 0.25) is 0 Å². The van der Waals surface area contributed by atoms with E-state index < -0.39 is 12.2 Å². The molecule has 1 heterocycles. The molecule has 5 rings (SSSR count). The molecule has 0 unspecified atom stereocenters. The lowest BCUT2D eigenvalue weighted by Gasteiger charge is -2.31. The summed E-state index contributed by atoms with van der Waals surface area (Å²) in [6.07, 6.45) is 1.27. The molecule has 0 spiro atoms. The third-order valence-corrected chi connectivity index (χ3v) is 7.11. The summed E-state index contributed by atoms with van der Waals surface area (Å²) in [5.41, 5.74) is 1.36. The van der Waals surface area contributed by atoms with Crippen LogP contribution < -0.4 is 15.4 Å². The van der Waals surface area contributed by atoms with E-state index in [1.165, 1.54) is 0 Å². The predicted molar refractivity (Wildman–Crippen MR) is 121 cm³/mol. The summed E-state index contributed by atoms with van der Waals surface area (Å²) in [7, 11) is 0. The van der Waals surface area contributed by atoms with Crippen molar-refractivity contribution in [3.8, 4) is 5.75 Å². The second-order valence-corrected chi connectivity index (χ2v) is 9.47. The second-order valence-electron chi connectivity index (χ2n) is 9.03. The molecule has 0 radical (unpaired) electrons. The summed E-state index contributed by atoms with van der Waals surface area (Å²) >= 11 is 5.96. The van der Waals surface area contributed by atoms with E-state index in [1.807, 2.05) is 30.3 Å². The van der Waals surface area contributed by atoms with Gasteiger partial charge in [0.05, 0.1) is 12.0 Å². The van der Waals surface area contributed by atoms with Crippen molar-refractivity contribution >= 4 is 29.4 Å². The van der Waals surface area contributed by atoms with Crippen LogP contribution in [0.1, 0.15) is 41.6 Å². The van der Waals surface area contributed by atoms with E-state index >= 15 is 0 Å². The van der Waals surface area contributed by atoms with Gasteiger partial charge in [0.15, 0.2) is 11.9 Å². The Morgan fingerprint density at radius 2 is 1.73 bits per heavy atom. The first-order valence-corrected chi connectivity index (χ1v) is 11.6. The molecule has 2 aromatic carbocycles. The minimum atomic E-state index is -0.841. The lowest BCUT2D eigenvalue weighted by atomic mass is 9.91. The normalized spacial score (nSPS) is 27.4. The number of rotatable bonds is 5. The first-order valence-electron chi connectivity index (χ1n) is 11.2. The van der Waals surface area contributed by atoms with Gasteiger partial charge >= 0.3 is 6.09 Å². The van der Waals surface area contributed by atoms with Crippen molar-refractivity contribution in [1.29, 1.82) is 0 Å². The number of alkyl carbamates (subject to hydrolysis) is 1. The molecule has 0 saturated heterocycles. The summed E-state index contributed by atoms with van der Waals surface area (Å²) < 4.78 is 11.1. The Kier molecular flexibility index (Phi) is 5.98. The minimum absolute atomic E-state index is 0.00255. The van der Waals surface area contributed by atoms with Gasteiger partial charge < -0.3 is 20.1 Å². The summed E-state index contributed by atoms with van der Waals surface area (Å²) in [6, 6.07) is 14.5. The van der Waals surface area contributed by atoms with Crippen LogP contribution in [-0.2, 0) is 16.1 Å². The van der Waals surface area contributed by atoms with Crippen LogP contribution in [0.4, 0.5) is 4.79 Å². The molecule has 8 heteroatoms. The Bertz CT molecular complexity index is 1080. The monoisotopic (exact) mass is 468 g/mol. The first-order chi connectivity index (χ1) is 16.0. The number of ether oxygens (including phenoxy) is 2. The smallest absolute Gasteiger partial charge is 0.407 e. The van der Waals surface area contributed by atoms with E-state index in [-0.39, 0.29) is 42.7 Å². The molecule has 1 aliphatic heterocycles. The molecule has 2 amide bonds. The minimum Gasteiger partial charge on any atom is -0.479 e. The number of carbonyl (C=O) groups excluding carboxylic acids is 3. The molecular weight excluding hydrogens is 444 g/mol. The van der Waals surface area contributed by atoms with Gasteiger partial charge in [0.1, 0.15) is 12.4 Å². The number of amides is 2. The molecule has 172 valence electrons. The standard InChI is InChI=1S/C25H25ClN2O5/c26-17-6-7-22-18(11-17)21(29)12-23(33-22)24(30)27-19-9-16-8-15(19)10-20(16)28-25(31)32-13-14-4-2-1-3-5-14/h1-7,11,15-16,19-20,23H,8-10,12-13H2,(H,27,30)(H,28,31)/t15-,16-,19+,20+,23-/m1/s1. The number of hydrogen-bond donors (Lipinski definition) is 2. The Hall–Kier alpha value is -3.06. The van der Waals surface area contributed by atoms with E-state index in [4.69, 9.17) is 21.1 Å². The summed E-state index contributed by atoms with van der Waals surface area (Å²) in [4.78, 5) is 37.5. The predicted octanol–water partition coefficient (Wildman–Crippen LogP) is 3.88. The number of nitrogens with one attached hydrogen (secondary N) is 2. The number of fused-ring (bicyclic) bond motifs is 3. The molecule has 3 aliphatic rings. The average molecular weight is 469 g/mol. The van der Waals surface area contributed by atoms with Gasteiger partial charge in [-0.1, -0.05) is 41.9 Å². The lowest BCUT2D eigenvalue weighted by Crippen LogP contribution is -2.50. The maximum Gasteiger partial charge on any atom is 0.407 e. The fourth-order valence-electron chi connectivity index (χ4n) is 5.26. The zero-order valence-electron chi connectivity index (χ0n) is 18.0. The molecule has 2 aromatic rings. The van der Waals surface area contributed by atoms with Crippen LogP contribution in [0.25, 0.3) is 0 Å². The Balaban J connectivity index is 1.10. The van der Waals surface area contributed by atoms with Gasteiger partial charge in [-0.2, -0.15) is 0 Å². The quantitative estimate of drug-likeness (QED) is 0.694. The second kappa shape index (κ2) is 9.06. The highest BCUT2D eigenvalue weighted by molar-refractivity contribution is 6.31. The van der Waals surface area contributed by atoms with Gasteiger partial charge in [-0.05, 0) is 54.9 Å². The fraction of sp³-hybridized carbons (Fsp3) is 0.400.